The van der Waals surface area contributed by atoms with Crippen LogP contribution in [0.15, 0.2) is 24.4 Å². The van der Waals surface area contributed by atoms with E-state index >= 15 is 0 Å². The van der Waals surface area contributed by atoms with Gasteiger partial charge in [-0.2, -0.15) is 0 Å². The van der Waals surface area contributed by atoms with Crippen LogP contribution in [-0.2, 0) is 11.3 Å². The van der Waals surface area contributed by atoms with Gasteiger partial charge < -0.3 is 10.1 Å². The zero-order valence-corrected chi connectivity index (χ0v) is 9.50. The Hall–Kier alpha value is -0.640. The molecule has 0 saturated carbocycles. The SMILES string of the molecule is Cl.c1ccc(CO[C@@H]2CCCNC2)nc1. The lowest BCUT2D eigenvalue weighted by Crippen LogP contribution is -2.35. The first-order valence-electron chi connectivity index (χ1n) is 5.17. The fraction of sp³-hybridized carbons (Fsp3) is 0.545. The fourth-order valence-corrected chi connectivity index (χ4v) is 1.65. The lowest BCUT2D eigenvalue weighted by atomic mass is 10.1. The Kier molecular flexibility index (Phi) is 5.61. The predicted octanol–water partition coefficient (Wildman–Crippen LogP) is 1.77. The number of ether oxygens (including phenoxy) is 1. The number of halogens is 1. The second-order valence-electron chi connectivity index (χ2n) is 3.60. The first kappa shape index (κ1) is 12.4. The number of nitrogens with one attached hydrogen (secondary N) is 1. The third kappa shape index (κ3) is 4.16. The maximum absolute atomic E-state index is 5.74. The number of rotatable bonds is 3. The summed E-state index contributed by atoms with van der Waals surface area (Å²) < 4.78 is 5.74. The Morgan fingerprint density at radius 3 is 3.07 bits per heavy atom. The van der Waals surface area contributed by atoms with Gasteiger partial charge >= 0.3 is 0 Å². The minimum Gasteiger partial charge on any atom is -0.371 e. The molecule has 0 amide bonds. The highest BCUT2D eigenvalue weighted by Gasteiger charge is 2.12. The lowest BCUT2D eigenvalue weighted by molar-refractivity contribution is 0.0236. The predicted molar refractivity (Wildman–Crippen MR) is 62.2 cm³/mol. The monoisotopic (exact) mass is 228 g/mol. The van der Waals surface area contributed by atoms with Crippen molar-refractivity contribution in [2.75, 3.05) is 13.1 Å². The molecule has 0 bridgehead atoms. The van der Waals surface area contributed by atoms with Crippen LogP contribution in [0.2, 0.25) is 0 Å². The van der Waals surface area contributed by atoms with Crippen LogP contribution in [0, 0.1) is 0 Å². The van der Waals surface area contributed by atoms with Crippen molar-refractivity contribution in [1.82, 2.24) is 10.3 Å². The Morgan fingerprint density at radius 1 is 1.47 bits per heavy atom. The molecular formula is C11H17ClN2O. The van der Waals surface area contributed by atoms with Gasteiger partial charge in [0, 0.05) is 12.7 Å². The summed E-state index contributed by atoms with van der Waals surface area (Å²) in [4.78, 5) is 4.22. The molecule has 2 heterocycles. The summed E-state index contributed by atoms with van der Waals surface area (Å²) in [6.45, 7) is 2.74. The van der Waals surface area contributed by atoms with Crippen LogP contribution in [0.3, 0.4) is 0 Å². The van der Waals surface area contributed by atoms with Gasteiger partial charge in [0.1, 0.15) is 0 Å². The van der Waals surface area contributed by atoms with E-state index in [0.29, 0.717) is 12.7 Å². The van der Waals surface area contributed by atoms with Gasteiger partial charge in [-0.05, 0) is 31.5 Å². The quantitative estimate of drug-likeness (QED) is 0.857. The molecule has 1 aliphatic heterocycles. The van der Waals surface area contributed by atoms with Gasteiger partial charge in [0.15, 0.2) is 0 Å². The van der Waals surface area contributed by atoms with E-state index in [1.807, 2.05) is 18.2 Å². The molecule has 0 unspecified atom stereocenters. The van der Waals surface area contributed by atoms with Gasteiger partial charge in [-0.1, -0.05) is 6.07 Å². The van der Waals surface area contributed by atoms with E-state index in [4.69, 9.17) is 4.74 Å². The van der Waals surface area contributed by atoms with Crippen molar-refractivity contribution < 1.29 is 4.74 Å². The molecule has 1 aromatic heterocycles. The normalized spacial score (nSPS) is 20.7. The van der Waals surface area contributed by atoms with Crippen molar-refractivity contribution in [2.24, 2.45) is 0 Å². The molecule has 0 aliphatic carbocycles. The molecule has 1 N–H and O–H groups in total. The van der Waals surface area contributed by atoms with E-state index in [1.165, 1.54) is 12.8 Å². The van der Waals surface area contributed by atoms with Crippen LogP contribution in [0.5, 0.6) is 0 Å². The van der Waals surface area contributed by atoms with E-state index in [1.54, 1.807) is 6.20 Å². The molecule has 1 aliphatic rings. The molecule has 1 saturated heterocycles. The Morgan fingerprint density at radius 2 is 2.40 bits per heavy atom. The molecule has 0 aromatic carbocycles. The summed E-state index contributed by atoms with van der Waals surface area (Å²) in [5.74, 6) is 0. The number of pyridine rings is 1. The highest BCUT2D eigenvalue weighted by Crippen LogP contribution is 2.08. The highest BCUT2D eigenvalue weighted by atomic mass is 35.5. The number of hydrogen-bond acceptors (Lipinski definition) is 3. The van der Waals surface area contributed by atoms with E-state index in [9.17, 15) is 0 Å². The average molecular weight is 229 g/mol. The van der Waals surface area contributed by atoms with Crippen molar-refractivity contribution in [1.29, 1.82) is 0 Å². The van der Waals surface area contributed by atoms with E-state index < -0.39 is 0 Å². The van der Waals surface area contributed by atoms with E-state index in [2.05, 4.69) is 10.3 Å². The van der Waals surface area contributed by atoms with Crippen LogP contribution in [0.1, 0.15) is 18.5 Å². The molecule has 0 radical (unpaired) electrons. The standard InChI is InChI=1S/C11H16N2O.ClH/c1-2-7-13-10(4-1)9-14-11-5-3-6-12-8-11;/h1-2,4,7,11-12H,3,5-6,8-9H2;1H/t11-;/m1./s1. The summed E-state index contributed by atoms with van der Waals surface area (Å²) in [7, 11) is 0. The first-order valence-corrected chi connectivity index (χ1v) is 5.17. The van der Waals surface area contributed by atoms with Gasteiger partial charge in [-0.15, -0.1) is 12.4 Å². The molecule has 1 atom stereocenters. The minimum atomic E-state index is 0. The van der Waals surface area contributed by atoms with E-state index in [-0.39, 0.29) is 12.4 Å². The molecule has 1 aromatic rings. The van der Waals surface area contributed by atoms with Gasteiger partial charge in [-0.25, -0.2) is 0 Å². The Labute approximate surface area is 96.7 Å². The number of hydrogen-bond donors (Lipinski definition) is 1. The highest BCUT2D eigenvalue weighted by molar-refractivity contribution is 5.85. The van der Waals surface area contributed by atoms with Crippen molar-refractivity contribution >= 4 is 12.4 Å². The molecular weight excluding hydrogens is 212 g/mol. The van der Waals surface area contributed by atoms with Crippen molar-refractivity contribution in [2.45, 2.75) is 25.6 Å². The Balaban J connectivity index is 0.00000112. The molecule has 1 fully saturated rings. The maximum Gasteiger partial charge on any atom is 0.0892 e. The van der Waals surface area contributed by atoms with Crippen LogP contribution in [-0.4, -0.2) is 24.2 Å². The molecule has 0 spiro atoms. The summed E-state index contributed by atoms with van der Waals surface area (Å²) in [6.07, 6.45) is 4.55. The summed E-state index contributed by atoms with van der Waals surface area (Å²) in [6, 6.07) is 5.91. The fourth-order valence-electron chi connectivity index (χ4n) is 1.65. The minimum absolute atomic E-state index is 0. The van der Waals surface area contributed by atoms with Crippen molar-refractivity contribution in [3.05, 3.63) is 30.1 Å². The first-order chi connectivity index (χ1) is 6.95. The Bertz CT molecular complexity index is 263. The van der Waals surface area contributed by atoms with Crippen molar-refractivity contribution in [3.8, 4) is 0 Å². The topological polar surface area (TPSA) is 34.1 Å². The largest absolute Gasteiger partial charge is 0.371 e. The molecule has 3 nitrogen and oxygen atoms in total. The molecule has 2 rings (SSSR count). The summed E-state index contributed by atoms with van der Waals surface area (Å²) in [5.41, 5.74) is 1.01. The van der Waals surface area contributed by atoms with Crippen molar-refractivity contribution in [3.63, 3.8) is 0 Å². The smallest absolute Gasteiger partial charge is 0.0892 e. The third-order valence-electron chi connectivity index (χ3n) is 2.44. The number of aromatic nitrogens is 1. The van der Waals surface area contributed by atoms with Crippen LogP contribution < -0.4 is 5.32 Å². The molecule has 4 heteroatoms. The summed E-state index contributed by atoms with van der Waals surface area (Å²) in [5, 5.41) is 3.33. The zero-order chi connectivity index (χ0) is 9.64. The third-order valence-corrected chi connectivity index (χ3v) is 2.44. The lowest BCUT2D eigenvalue weighted by Gasteiger charge is -2.22. The number of nitrogens with zero attached hydrogens (tertiary/aromatic N) is 1. The average Bonchev–Trinajstić information content (AvgIpc) is 2.29. The molecule has 84 valence electrons. The zero-order valence-electron chi connectivity index (χ0n) is 8.69. The van der Waals surface area contributed by atoms with Gasteiger partial charge in [0.2, 0.25) is 0 Å². The molecule has 15 heavy (non-hydrogen) atoms. The van der Waals surface area contributed by atoms with Crippen LogP contribution in [0.4, 0.5) is 0 Å². The maximum atomic E-state index is 5.74. The number of piperidine rings is 1. The van der Waals surface area contributed by atoms with Crippen LogP contribution >= 0.6 is 12.4 Å². The van der Waals surface area contributed by atoms with Crippen LogP contribution in [0.25, 0.3) is 0 Å². The second kappa shape index (κ2) is 6.77. The van der Waals surface area contributed by atoms with Gasteiger partial charge in [0.05, 0.1) is 18.4 Å². The van der Waals surface area contributed by atoms with E-state index in [0.717, 1.165) is 18.8 Å². The van der Waals surface area contributed by atoms with Gasteiger partial charge in [-0.3, -0.25) is 4.98 Å². The second-order valence-corrected chi connectivity index (χ2v) is 3.60. The summed E-state index contributed by atoms with van der Waals surface area (Å²) >= 11 is 0. The van der Waals surface area contributed by atoms with Gasteiger partial charge in [0.25, 0.3) is 0 Å².